The summed E-state index contributed by atoms with van der Waals surface area (Å²) in [6.07, 6.45) is 0.832. The van der Waals surface area contributed by atoms with Crippen molar-refractivity contribution in [2.75, 3.05) is 19.0 Å². The first-order chi connectivity index (χ1) is 11.6. The molecule has 0 aliphatic carbocycles. The lowest BCUT2D eigenvalue weighted by Crippen LogP contribution is -2.28. The Bertz CT molecular complexity index is 677. The highest BCUT2D eigenvalue weighted by Crippen LogP contribution is 2.32. The number of amides is 2. The fourth-order valence-electron chi connectivity index (χ4n) is 1.83. The van der Waals surface area contributed by atoms with Gasteiger partial charge in [-0.2, -0.15) is 4.98 Å². The fraction of sp³-hybridized carbons (Fsp3) is 0.400. The molecule has 2 N–H and O–H groups in total. The van der Waals surface area contributed by atoms with Gasteiger partial charge in [0.15, 0.2) is 11.6 Å². The third-order valence-corrected chi connectivity index (χ3v) is 3.15. The first kappa shape index (κ1) is 18.0. The third kappa shape index (κ3) is 5.10. The van der Waals surface area contributed by atoms with Gasteiger partial charge in [0.1, 0.15) is 6.61 Å². The van der Waals surface area contributed by atoms with Crippen LogP contribution in [-0.4, -0.2) is 29.9 Å². The van der Waals surface area contributed by atoms with E-state index in [0.29, 0.717) is 34.8 Å². The normalized spacial score (nSPS) is 10.5. The van der Waals surface area contributed by atoms with E-state index in [9.17, 15) is 4.79 Å². The second-order valence-electron chi connectivity index (χ2n) is 4.81. The predicted molar refractivity (Wildman–Crippen MR) is 88.1 cm³/mol. The van der Waals surface area contributed by atoms with Crippen LogP contribution in [0.15, 0.2) is 22.7 Å². The number of hydrogen-bond acceptors (Lipinski definition) is 6. The molecule has 130 valence electrons. The lowest BCUT2D eigenvalue weighted by molar-refractivity contribution is 0.151. The van der Waals surface area contributed by atoms with E-state index in [-0.39, 0.29) is 13.2 Å². The number of methoxy groups -OCH3 is 1. The third-order valence-electron chi connectivity index (χ3n) is 2.85. The Balaban J connectivity index is 1.93. The molecule has 1 aromatic heterocycles. The van der Waals surface area contributed by atoms with Crippen LogP contribution in [0.25, 0.3) is 0 Å². The number of rotatable bonds is 8. The van der Waals surface area contributed by atoms with Gasteiger partial charge in [-0.3, -0.25) is 0 Å². The van der Waals surface area contributed by atoms with Crippen LogP contribution in [0.3, 0.4) is 0 Å². The smallest absolute Gasteiger partial charge is 0.319 e. The topological polar surface area (TPSA) is 98.5 Å². The molecule has 0 saturated carbocycles. The van der Waals surface area contributed by atoms with E-state index in [0.717, 1.165) is 6.42 Å². The number of halogens is 1. The average molecular weight is 355 g/mol. The maximum absolute atomic E-state index is 12.0. The summed E-state index contributed by atoms with van der Waals surface area (Å²) in [6, 6.07) is 4.71. The summed E-state index contributed by atoms with van der Waals surface area (Å²) in [6.45, 7) is 2.83. The number of carbonyl (C=O) groups excluding carboxylic acids is 1. The molecule has 0 atom stereocenters. The first-order valence-electron chi connectivity index (χ1n) is 7.40. The standard InChI is InChI=1S/C15H19ClN4O4/c1-3-7-23-14-10(16)5-4-6-11(14)18-15(21)17-8-12-19-13(9-22-2)24-20-12/h4-6H,3,7-9H2,1-2H3,(H2,17,18,21). The van der Waals surface area contributed by atoms with Crippen molar-refractivity contribution in [1.82, 2.24) is 15.5 Å². The Morgan fingerprint density at radius 1 is 1.42 bits per heavy atom. The van der Waals surface area contributed by atoms with Crippen LogP contribution in [0.2, 0.25) is 5.02 Å². The lowest BCUT2D eigenvalue weighted by atomic mass is 10.3. The second kappa shape index (κ2) is 9.09. The molecular formula is C15H19ClN4O4. The predicted octanol–water partition coefficient (Wildman–Crippen LogP) is 2.98. The van der Waals surface area contributed by atoms with Crippen molar-refractivity contribution in [3.05, 3.63) is 34.9 Å². The molecule has 0 radical (unpaired) electrons. The maximum atomic E-state index is 12.0. The fourth-order valence-corrected chi connectivity index (χ4v) is 2.06. The quantitative estimate of drug-likeness (QED) is 0.756. The summed E-state index contributed by atoms with van der Waals surface area (Å²) >= 11 is 6.11. The molecule has 0 aliphatic rings. The molecule has 0 fully saturated rings. The van der Waals surface area contributed by atoms with Crippen molar-refractivity contribution in [1.29, 1.82) is 0 Å². The van der Waals surface area contributed by atoms with Gasteiger partial charge in [-0.25, -0.2) is 4.79 Å². The van der Waals surface area contributed by atoms with Crippen LogP contribution < -0.4 is 15.4 Å². The van der Waals surface area contributed by atoms with Gasteiger partial charge in [0.25, 0.3) is 5.89 Å². The van der Waals surface area contributed by atoms with Gasteiger partial charge in [0, 0.05) is 7.11 Å². The number of aromatic nitrogens is 2. The molecular weight excluding hydrogens is 336 g/mol. The minimum Gasteiger partial charge on any atom is -0.490 e. The average Bonchev–Trinajstić information content (AvgIpc) is 3.00. The SMILES string of the molecule is CCCOc1c(Cl)cccc1NC(=O)NCc1noc(COC)n1. The van der Waals surface area contributed by atoms with Gasteiger partial charge in [-0.05, 0) is 18.6 Å². The highest BCUT2D eigenvalue weighted by molar-refractivity contribution is 6.32. The zero-order valence-electron chi connectivity index (χ0n) is 13.5. The van der Waals surface area contributed by atoms with Crippen molar-refractivity contribution in [3.8, 4) is 5.75 Å². The van der Waals surface area contributed by atoms with Gasteiger partial charge in [-0.1, -0.05) is 29.7 Å². The van der Waals surface area contributed by atoms with Crippen molar-refractivity contribution in [3.63, 3.8) is 0 Å². The van der Waals surface area contributed by atoms with Gasteiger partial charge in [0.05, 0.1) is 23.9 Å². The van der Waals surface area contributed by atoms with Gasteiger partial charge < -0.3 is 24.6 Å². The maximum Gasteiger partial charge on any atom is 0.319 e. The van der Waals surface area contributed by atoms with Crippen LogP contribution in [-0.2, 0) is 17.9 Å². The number of para-hydroxylation sites is 1. The van der Waals surface area contributed by atoms with E-state index in [2.05, 4.69) is 20.8 Å². The van der Waals surface area contributed by atoms with E-state index >= 15 is 0 Å². The van der Waals surface area contributed by atoms with Crippen LogP contribution in [0.1, 0.15) is 25.1 Å². The molecule has 0 spiro atoms. The molecule has 24 heavy (non-hydrogen) atoms. The molecule has 8 nitrogen and oxygen atoms in total. The monoisotopic (exact) mass is 354 g/mol. The number of anilines is 1. The molecule has 1 aromatic carbocycles. The number of ether oxygens (including phenoxy) is 2. The van der Waals surface area contributed by atoms with Crippen LogP contribution in [0.4, 0.5) is 10.5 Å². The number of hydrogen-bond donors (Lipinski definition) is 2. The van der Waals surface area contributed by atoms with E-state index in [1.165, 1.54) is 7.11 Å². The number of nitrogens with zero attached hydrogens (tertiary/aromatic N) is 2. The van der Waals surface area contributed by atoms with Crippen LogP contribution >= 0.6 is 11.6 Å². The molecule has 2 rings (SSSR count). The highest BCUT2D eigenvalue weighted by atomic mass is 35.5. The number of nitrogens with one attached hydrogen (secondary N) is 2. The number of urea groups is 1. The van der Waals surface area contributed by atoms with E-state index in [1.807, 2.05) is 6.92 Å². The second-order valence-corrected chi connectivity index (χ2v) is 5.22. The van der Waals surface area contributed by atoms with Gasteiger partial charge in [-0.15, -0.1) is 0 Å². The molecule has 0 unspecified atom stereocenters. The largest absolute Gasteiger partial charge is 0.490 e. The van der Waals surface area contributed by atoms with Crippen molar-refractivity contribution < 1.29 is 18.8 Å². The Kier molecular flexibility index (Phi) is 6.83. The van der Waals surface area contributed by atoms with Gasteiger partial charge >= 0.3 is 6.03 Å². The molecule has 9 heteroatoms. The molecule has 0 bridgehead atoms. The van der Waals surface area contributed by atoms with Crippen molar-refractivity contribution in [2.24, 2.45) is 0 Å². The molecule has 2 amide bonds. The van der Waals surface area contributed by atoms with Crippen molar-refractivity contribution in [2.45, 2.75) is 26.5 Å². The first-order valence-corrected chi connectivity index (χ1v) is 7.78. The summed E-state index contributed by atoms with van der Waals surface area (Å²) < 4.78 is 15.4. The highest BCUT2D eigenvalue weighted by Gasteiger charge is 2.12. The molecule has 1 heterocycles. The van der Waals surface area contributed by atoms with Crippen LogP contribution in [0.5, 0.6) is 5.75 Å². The van der Waals surface area contributed by atoms with Crippen molar-refractivity contribution >= 4 is 23.3 Å². The van der Waals surface area contributed by atoms with E-state index in [4.69, 9.17) is 25.6 Å². The summed E-state index contributed by atoms with van der Waals surface area (Å²) in [5.74, 6) is 1.14. The summed E-state index contributed by atoms with van der Waals surface area (Å²) in [5.41, 5.74) is 0.488. The molecule has 0 saturated heterocycles. The van der Waals surface area contributed by atoms with Crippen LogP contribution in [0, 0.1) is 0 Å². The minimum atomic E-state index is -0.434. The zero-order chi connectivity index (χ0) is 17.4. The molecule has 0 aliphatic heterocycles. The Morgan fingerprint density at radius 3 is 3.00 bits per heavy atom. The number of carbonyl (C=O) groups is 1. The lowest BCUT2D eigenvalue weighted by Gasteiger charge is -2.13. The summed E-state index contributed by atoms with van der Waals surface area (Å²) in [4.78, 5) is 16.1. The summed E-state index contributed by atoms with van der Waals surface area (Å²) in [7, 11) is 1.53. The van der Waals surface area contributed by atoms with E-state index in [1.54, 1.807) is 18.2 Å². The van der Waals surface area contributed by atoms with Gasteiger partial charge in [0.2, 0.25) is 0 Å². The minimum absolute atomic E-state index is 0.116. The molecule has 2 aromatic rings. The Hall–Kier alpha value is -2.32. The Morgan fingerprint density at radius 2 is 2.25 bits per heavy atom. The number of benzene rings is 1. The zero-order valence-corrected chi connectivity index (χ0v) is 14.2. The van der Waals surface area contributed by atoms with E-state index < -0.39 is 6.03 Å². The Labute approximate surface area is 144 Å². The summed E-state index contributed by atoms with van der Waals surface area (Å²) in [5, 5.41) is 9.49.